The van der Waals surface area contributed by atoms with Gasteiger partial charge in [-0.1, -0.05) is 24.3 Å². The highest BCUT2D eigenvalue weighted by Crippen LogP contribution is 2.25. The summed E-state index contributed by atoms with van der Waals surface area (Å²) in [6, 6.07) is 13.8. The van der Waals surface area contributed by atoms with Crippen LogP contribution in [0.3, 0.4) is 0 Å². The van der Waals surface area contributed by atoms with Gasteiger partial charge in [0.25, 0.3) is 5.91 Å². The van der Waals surface area contributed by atoms with Crippen molar-refractivity contribution in [2.24, 2.45) is 0 Å². The van der Waals surface area contributed by atoms with Crippen molar-refractivity contribution in [2.45, 2.75) is 6.54 Å². The normalized spacial score (nSPS) is 14.9. The Bertz CT molecular complexity index is 728. The van der Waals surface area contributed by atoms with E-state index in [1.165, 1.54) is 12.1 Å². The molecule has 1 amide bonds. The lowest BCUT2D eigenvalue weighted by Crippen LogP contribution is -2.49. The van der Waals surface area contributed by atoms with E-state index in [9.17, 15) is 9.18 Å². The molecule has 1 saturated heterocycles. The largest absolute Gasteiger partial charge is 0.493 e. The van der Waals surface area contributed by atoms with E-state index in [-0.39, 0.29) is 18.3 Å². The Morgan fingerprint density at radius 1 is 1.00 bits per heavy atom. The second-order valence-corrected chi connectivity index (χ2v) is 6.22. The molecule has 0 aliphatic carbocycles. The monoisotopic (exact) mass is 358 g/mol. The second kappa shape index (κ2) is 8.67. The van der Waals surface area contributed by atoms with Gasteiger partial charge >= 0.3 is 0 Å². The highest BCUT2D eigenvalue weighted by atomic mass is 19.1. The molecule has 0 N–H and O–H groups in total. The first-order valence-corrected chi connectivity index (χ1v) is 8.66. The molecule has 0 aromatic heterocycles. The number of amides is 1. The summed E-state index contributed by atoms with van der Waals surface area (Å²) in [5, 5.41) is 0. The summed E-state index contributed by atoms with van der Waals surface area (Å²) in [7, 11) is 1.57. The van der Waals surface area contributed by atoms with Crippen LogP contribution >= 0.6 is 0 Å². The minimum absolute atomic E-state index is 0.00165. The van der Waals surface area contributed by atoms with Gasteiger partial charge < -0.3 is 14.4 Å². The SMILES string of the molecule is COc1ccccc1OCC(=O)N1CCN(Cc2ccc(F)cc2)CC1. The first-order chi connectivity index (χ1) is 12.7. The van der Waals surface area contributed by atoms with Crippen LogP contribution in [0.5, 0.6) is 11.5 Å². The minimum Gasteiger partial charge on any atom is -0.493 e. The highest BCUT2D eigenvalue weighted by molar-refractivity contribution is 5.78. The molecule has 1 fully saturated rings. The molecule has 26 heavy (non-hydrogen) atoms. The van der Waals surface area contributed by atoms with Crippen LogP contribution in [0.2, 0.25) is 0 Å². The summed E-state index contributed by atoms with van der Waals surface area (Å²) in [4.78, 5) is 16.5. The number of carbonyl (C=O) groups excluding carboxylic acids is 1. The van der Waals surface area contributed by atoms with Crippen molar-refractivity contribution in [1.82, 2.24) is 9.80 Å². The number of rotatable bonds is 6. The third-order valence-corrected chi connectivity index (χ3v) is 4.46. The molecule has 5 nitrogen and oxygen atoms in total. The predicted octanol–water partition coefficient (Wildman–Crippen LogP) is 2.56. The van der Waals surface area contributed by atoms with E-state index in [1.807, 2.05) is 17.0 Å². The third-order valence-electron chi connectivity index (χ3n) is 4.46. The van der Waals surface area contributed by atoms with Crippen molar-refractivity contribution >= 4 is 5.91 Å². The van der Waals surface area contributed by atoms with Crippen molar-refractivity contribution in [3.8, 4) is 11.5 Å². The maximum atomic E-state index is 13.0. The molecule has 0 unspecified atom stereocenters. The summed E-state index contributed by atoms with van der Waals surface area (Å²) in [5.41, 5.74) is 1.07. The summed E-state index contributed by atoms with van der Waals surface area (Å²) in [6.45, 7) is 3.67. The van der Waals surface area contributed by atoms with Gasteiger partial charge in [0.15, 0.2) is 18.1 Å². The zero-order chi connectivity index (χ0) is 18.4. The number of para-hydroxylation sites is 2. The number of methoxy groups -OCH3 is 1. The lowest BCUT2D eigenvalue weighted by Gasteiger charge is -2.34. The standard InChI is InChI=1S/C20H23FN2O3/c1-25-18-4-2-3-5-19(18)26-15-20(24)23-12-10-22(11-13-23)14-16-6-8-17(21)9-7-16/h2-9H,10-15H2,1H3. The molecular formula is C20H23FN2O3. The van der Waals surface area contributed by atoms with Gasteiger partial charge in [-0.05, 0) is 29.8 Å². The van der Waals surface area contributed by atoms with E-state index >= 15 is 0 Å². The van der Waals surface area contributed by atoms with Gasteiger partial charge in [-0.25, -0.2) is 4.39 Å². The predicted molar refractivity (Wildman–Crippen MR) is 96.7 cm³/mol. The number of nitrogens with zero attached hydrogens (tertiary/aromatic N) is 2. The van der Waals surface area contributed by atoms with Crippen LogP contribution in [0, 0.1) is 5.82 Å². The van der Waals surface area contributed by atoms with Crippen molar-refractivity contribution in [1.29, 1.82) is 0 Å². The first kappa shape index (κ1) is 18.2. The molecule has 1 aliphatic rings. The molecule has 6 heteroatoms. The summed E-state index contributed by atoms with van der Waals surface area (Å²) in [6.07, 6.45) is 0. The van der Waals surface area contributed by atoms with Crippen molar-refractivity contribution < 1.29 is 18.7 Å². The fourth-order valence-corrected chi connectivity index (χ4v) is 2.97. The average Bonchev–Trinajstić information content (AvgIpc) is 2.68. The van der Waals surface area contributed by atoms with Crippen LogP contribution < -0.4 is 9.47 Å². The lowest BCUT2D eigenvalue weighted by atomic mass is 10.2. The fraction of sp³-hybridized carbons (Fsp3) is 0.350. The number of halogens is 1. The van der Waals surface area contributed by atoms with Gasteiger partial charge in [0, 0.05) is 32.7 Å². The number of ether oxygens (including phenoxy) is 2. The van der Waals surface area contributed by atoms with Crippen molar-refractivity contribution in [3.63, 3.8) is 0 Å². The Morgan fingerprint density at radius 2 is 1.65 bits per heavy atom. The van der Waals surface area contributed by atoms with Crippen LogP contribution in [-0.4, -0.2) is 55.6 Å². The molecule has 0 bridgehead atoms. The van der Waals surface area contributed by atoms with Crippen molar-refractivity contribution in [2.75, 3.05) is 39.9 Å². The van der Waals surface area contributed by atoms with Gasteiger partial charge in [0.05, 0.1) is 7.11 Å². The zero-order valence-corrected chi connectivity index (χ0v) is 14.9. The van der Waals surface area contributed by atoms with E-state index in [0.717, 1.165) is 25.2 Å². The maximum absolute atomic E-state index is 13.0. The molecule has 1 heterocycles. The Balaban J connectivity index is 1.45. The summed E-state index contributed by atoms with van der Waals surface area (Å²) in [5.74, 6) is 0.930. The fourth-order valence-electron chi connectivity index (χ4n) is 2.97. The molecule has 0 radical (unpaired) electrons. The first-order valence-electron chi connectivity index (χ1n) is 8.66. The number of benzene rings is 2. The van der Waals surface area contributed by atoms with E-state index in [2.05, 4.69) is 4.90 Å². The average molecular weight is 358 g/mol. The van der Waals surface area contributed by atoms with E-state index in [4.69, 9.17) is 9.47 Å². The van der Waals surface area contributed by atoms with E-state index in [1.54, 1.807) is 31.4 Å². The number of hydrogen-bond acceptors (Lipinski definition) is 4. The van der Waals surface area contributed by atoms with Gasteiger partial charge in [0.2, 0.25) is 0 Å². The third kappa shape index (κ3) is 4.73. The molecule has 138 valence electrons. The van der Waals surface area contributed by atoms with Crippen LogP contribution in [0.15, 0.2) is 48.5 Å². The van der Waals surface area contributed by atoms with Crippen LogP contribution in [0.25, 0.3) is 0 Å². The number of carbonyl (C=O) groups is 1. The van der Waals surface area contributed by atoms with Gasteiger partial charge in [-0.3, -0.25) is 9.69 Å². The van der Waals surface area contributed by atoms with E-state index in [0.29, 0.717) is 24.6 Å². The second-order valence-electron chi connectivity index (χ2n) is 6.22. The maximum Gasteiger partial charge on any atom is 0.260 e. The molecule has 2 aromatic carbocycles. The topological polar surface area (TPSA) is 42.0 Å². The quantitative estimate of drug-likeness (QED) is 0.796. The number of piperazine rings is 1. The number of hydrogen-bond donors (Lipinski definition) is 0. The molecule has 2 aromatic rings. The molecular weight excluding hydrogens is 335 g/mol. The zero-order valence-electron chi connectivity index (χ0n) is 14.9. The van der Waals surface area contributed by atoms with Gasteiger partial charge in [-0.15, -0.1) is 0 Å². The highest BCUT2D eigenvalue weighted by Gasteiger charge is 2.21. The van der Waals surface area contributed by atoms with Gasteiger partial charge in [-0.2, -0.15) is 0 Å². The smallest absolute Gasteiger partial charge is 0.260 e. The van der Waals surface area contributed by atoms with E-state index < -0.39 is 0 Å². The molecule has 0 spiro atoms. The van der Waals surface area contributed by atoms with Gasteiger partial charge in [0.1, 0.15) is 5.82 Å². The minimum atomic E-state index is -0.223. The Kier molecular flexibility index (Phi) is 6.07. The summed E-state index contributed by atoms with van der Waals surface area (Å²) >= 11 is 0. The Morgan fingerprint density at radius 3 is 2.31 bits per heavy atom. The summed E-state index contributed by atoms with van der Waals surface area (Å²) < 4.78 is 23.8. The van der Waals surface area contributed by atoms with Crippen LogP contribution in [0.1, 0.15) is 5.56 Å². The Labute approximate surface area is 152 Å². The Hall–Kier alpha value is -2.60. The van der Waals surface area contributed by atoms with Crippen molar-refractivity contribution in [3.05, 3.63) is 59.9 Å². The molecule has 0 atom stereocenters. The van der Waals surface area contributed by atoms with Crippen LogP contribution in [0.4, 0.5) is 4.39 Å². The molecule has 0 saturated carbocycles. The molecule has 1 aliphatic heterocycles. The lowest BCUT2D eigenvalue weighted by molar-refractivity contribution is -0.135. The van der Waals surface area contributed by atoms with Crippen LogP contribution in [-0.2, 0) is 11.3 Å². The molecule has 3 rings (SSSR count).